The van der Waals surface area contributed by atoms with E-state index in [4.69, 9.17) is 4.74 Å². The van der Waals surface area contributed by atoms with Crippen LogP contribution in [0.15, 0.2) is 18.2 Å². The van der Waals surface area contributed by atoms with Gasteiger partial charge in [0.15, 0.2) is 0 Å². The predicted molar refractivity (Wildman–Crippen MR) is 72.6 cm³/mol. The maximum Gasteiger partial charge on any atom is 0.121 e. The van der Waals surface area contributed by atoms with E-state index >= 15 is 0 Å². The molecular weight excluding hydrogens is 226 g/mol. The molecule has 1 aromatic rings. The van der Waals surface area contributed by atoms with Gasteiger partial charge < -0.3 is 9.64 Å². The molecule has 1 unspecified atom stereocenters. The highest BCUT2D eigenvalue weighted by Crippen LogP contribution is 2.22. The Kier molecular flexibility index (Phi) is 5.63. The van der Waals surface area contributed by atoms with Crippen LogP contribution in [-0.2, 0) is 0 Å². The Morgan fingerprint density at radius 3 is 2.67 bits per heavy atom. The summed E-state index contributed by atoms with van der Waals surface area (Å²) in [5, 5.41) is 12.4. The van der Waals surface area contributed by atoms with Gasteiger partial charge in [0, 0.05) is 13.1 Å². The molecule has 0 aliphatic carbocycles. The first-order valence-electron chi connectivity index (χ1n) is 6.00. The minimum absolute atomic E-state index is 0.269. The standard InChI is InChI=1S/C14H21N3O/c1-11-9-12(5-6-14(11)18-4)13(10-15)16-7-8-17(2)3/h5-6,9,13,16H,7-8H2,1-4H3. The fourth-order valence-corrected chi connectivity index (χ4v) is 1.75. The number of likely N-dealkylation sites (N-methyl/N-ethyl adjacent to an activating group) is 1. The summed E-state index contributed by atoms with van der Waals surface area (Å²) in [7, 11) is 5.68. The molecule has 1 aromatic carbocycles. The van der Waals surface area contributed by atoms with E-state index in [0.717, 1.165) is 30.0 Å². The van der Waals surface area contributed by atoms with Gasteiger partial charge in [0.25, 0.3) is 0 Å². The lowest BCUT2D eigenvalue weighted by molar-refractivity contribution is 0.394. The topological polar surface area (TPSA) is 48.3 Å². The first-order valence-corrected chi connectivity index (χ1v) is 6.00. The van der Waals surface area contributed by atoms with Gasteiger partial charge in [-0.3, -0.25) is 5.32 Å². The molecule has 98 valence electrons. The fraction of sp³-hybridized carbons (Fsp3) is 0.500. The van der Waals surface area contributed by atoms with E-state index in [2.05, 4.69) is 16.3 Å². The highest BCUT2D eigenvalue weighted by Gasteiger charge is 2.11. The SMILES string of the molecule is COc1ccc(C(C#N)NCCN(C)C)cc1C. The summed E-state index contributed by atoms with van der Waals surface area (Å²) in [6.45, 7) is 3.68. The highest BCUT2D eigenvalue weighted by molar-refractivity contribution is 5.38. The van der Waals surface area contributed by atoms with Crippen LogP contribution in [0.1, 0.15) is 17.2 Å². The van der Waals surface area contributed by atoms with Crippen LogP contribution in [0.25, 0.3) is 0 Å². The van der Waals surface area contributed by atoms with E-state index in [1.165, 1.54) is 0 Å². The van der Waals surface area contributed by atoms with Crippen molar-refractivity contribution in [3.05, 3.63) is 29.3 Å². The number of methoxy groups -OCH3 is 1. The van der Waals surface area contributed by atoms with E-state index in [9.17, 15) is 5.26 Å². The maximum absolute atomic E-state index is 9.20. The predicted octanol–water partition coefficient (Wildman–Crippen LogP) is 1.72. The lowest BCUT2D eigenvalue weighted by atomic mass is 10.0. The highest BCUT2D eigenvalue weighted by atomic mass is 16.5. The number of ether oxygens (including phenoxy) is 1. The summed E-state index contributed by atoms with van der Waals surface area (Å²) >= 11 is 0. The normalized spacial score (nSPS) is 12.2. The molecule has 4 nitrogen and oxygen atoms in total. The number of hydrogen-bond acceptors (Lipinski definition) is 4. The van der Waals surface area contributed by atoms with Crippen molar-refractivity contribution in [2.45, 2.75) is 13.0 Å². The average Bonchev–Trinajstić information content (AvgIpc) is 2.34. The average molecular weight is 247 g/mol. The zero-order chi connectivity index (χ0) is 13.5. The first kappa shape index (κ1) is 14.5. The monoisotopic (exact) mass is 247 g/mol. The quantitative estimate of drug-likeness (QED) is 0.831. The summed E-state index contributed by atoms with van der Waals surface area (Å²) in [6.07, 6.45) is 0. The van der Waals surface area contributed by atoms with E-state index in [-0.39, 0.29) is 6.04 Å². The molecule has 1 N–H and O–H groups in total. The second-order valence-corrected chi connectivity index (χ2v) is 4.55. The van der Waals surface area contributed by atoms with Crippen molar-refractivity contribution in [2.24, 2.45) is 0 Å². The van der Waals surface area contributed by atoms with Crippen LogP contribution in [0.2, 0.25) is 0 Å². The molecule has 0 saturated heterocycles. The van der Waals surface area contributed by atoms with Gasteiger partial charge in [-0.25, -0.2) is 0 Å². The minimum Gasteiger partial charge on any atom is -0.496 e. The van der Waals surface area contributed by atoms with Crippen LogP contribution >= 0.6 is 0 Å². The lowest BCUT2D eigenvalue weighted by Crippen LogP contribution is -2.29. The Bertz CT molecular complexity index is 424. The van der Waals surface area contributed by atoms with Crippen LogP contribution in [0.5, 0.6) is 5.75 Å². The van der Waals surface area contributed by atoms with Crippen LogP contribution in [0, 0.1) is 18.3 Å². The van der Waals surface area contributed by atoms with Crippen molar-refractivity contribution in [1.82, 2.24) is 10.2 Å². The van der Waals surface area contributed by atoms with E-state index < -0.39 is 0 Å². The van der Waals surface area contributed by atoms with Crippen molar-refractivity contribution in [3.8, 4) is 11.8 Å². The molecule has 0 bridgehead atoms. The number of benzene rings is 1. The third-order valence-electron chi connectivity index (χ3n) is 2.79. The molecule has 0 radical (unpaired) electrons. The van der Waals surface area contributed by atoms with Crippen molar-refractivity contribution in [3.63, 3.8) is 0 Å². The molecule has 0 fully saturated rings. The zero-order valence-corrected chi connectivity index (χ0v) is 11.5. The van der Waals surface area contributed by atoms with Crippen LogP contribution < -0.4 is 10.1 Å². The fourth-order valence-electron chi connectivity index (χ4n) is 1.75. The Labute approximate surface area is 109 Å². The van der Waals surface area contributed by atoms with Crippen molar-refractivity contribution in [1.29, 1.82) is 5.26 Å². The molecule has 18 heavy (non-hydrogen) atoms. The molecule has 1 rings (SSSR count). The third-order valence-corrected chi connectivity index (χ3v) is 2.79. The maximum atomic E-state index is 9.20. The van der Waals surface area contributed by atoms with Gasteiger partial charge in [-0.05, 0) is 44.3 Å². The zero-order valence-electron chi connectivity index (χ0n) is 11.5. The van der Waals surface area contributed by atoms with Gasteiger partial charge in [-0.15, -0.1) is 0 Å². The summed E-state index contributed by atoms with van der Waals surface area (Å²) in [6, 6.07) is 7.85. The summed E-state index contributed by atoms with van der Waals surface area (Å²) in [5.41, 5.74) is 2.03. The Morgan fingerprint density at radius 2 is 2.17 bits per heavy atom. The summed E-state index contributed by atoms with van der Waals surface area (Å²) in [5.74, 6) is 0.851. The molecule has 4 heteroatoms. The number of nitriles is 1. The third kappa shape index (κ3) is 4.02. The van der Waals surface area contributed by atoms with Gasteiger partial charge in [0.2, 0.25) is 0 Å². The van der Waals surface area contributed by atoms with Crippen molar-refractivity contribution >= 4 is 0 Å². The van der Waals surface area contributed by atoms with E-state index in [1.807, 2.05) is 39.2 Å². The Balaban J connectivity index is 2.71. The Hall–Kier alpha value is -1.57. The van der Waals surface area contributed by atoms with Crippen LogP contribution in [-0.4, -0.2) is 39.2 Å². The van der Waals surface area contributed by atoms with Gasteiger partial charge in [0.05, 0.1) is 13.2 Å². The van der Waals surface area contributed by atoms with Gasteiger partial charge in [-0.1, -0.05) is 6.07 Å². The summed E-state index contributed by atoms with van der Waals surface area (Å²) in [4.78, 5) is 2.08. The lowest BCUT2D eigenvalue weighted by Gasteiger charge is -2.15. The number of rotatable bonds is 6. The molecule has 0 amide bonds. The first-order chi connectivity index (χ1) is 8.58. The largest absolute Gasteiger partial charge is 0.496 e. The molecule has 0 saturated carbocycles. The Morgan fingerprint density at radius 1 is 1.44 bits per heavy atom. The molecule has 0 heterocycles. The second-order valence-electron chi connectivity index (χ2n) is 4.55. The molecular formula is C14H21N3O. The smallest absolute Gasteiger partial charge is 0.121 e. The van der Waals surface area contributed by atoms with Crippen molar-refractivity contribution in [2.75, 3.05) is 34.3 Å². The van der Waals surface area contributed by atoms with Gasteiger partial charge in [-0.2, -0.15) is 5.26 Å². The van der Waals surface area contributed by atoms with Crippen LogP contribution in [0.3, 0.4) is 0 Å². The van der Waals surface area contributed by atoms with Gasteiger partial charge in [0.1, 0.15) is 11.8 Å². The van der Waals surface area contributed by atoms with Crippen molar-refractivity contribution < 1.29 is 4.74 Å². The molecule has 0 aliphatic heterocycles. The van der Waals surface area contributed by atoms with Crippen LogP contribution in [0.4, 0.5) is 0 Å². The summed E-state index contributed by atoms with van der Waals surface area (Å²) < 4.78 is 5.22. The molecule has 0 aromatic heterocycles. The number of nitrogens with zero attached hydrogens (tertiary/aromatic N) is 2. The number of nitrogens with one attached hydrogen (secondary N) is 1. The number of aryl methyl sites for hydroxylation is 1. The van der Waals surface area contributed by atoms with E-state index in [1.54, 1.807) is 7.11 Å². The van der Waals surface area contributed by atoms with E-state index in [0.29, 0.717) is 0 Å². The molecule has 0 aliphatic rings. The molecule has 1 atom stereocenters. The second kappa shape index (κ2) is 7.00. The van der Waals surface area contributed by atoms with Gasteiger partial charge >= 0.3 is 0 Å². The molecule has 0 spiro atoms. The number of hydrogen-bond donors (Lipinski definition) is 1. The minimum atomic E-state index is -0.269.